The van der Waals surface area contributed by atoms with Gasteiger partial charge in [-0.2, -0.15) is 0 Å². The van der Waals surface area contributed by atoms with Gasteiger partial charge in [0.15, 0.2) is 11.6 Å². The smallest absolute Gasteiger partial charge is 0.169 e. The molecule has 0 spiro atoms. The average Bonchev–Trinajstić information content (AvgIpc) is 2.91. The molecule has 0 atom stereocenters. The van der Waals surface area contributed by atoms with Crippen molar-refractivity contribution in [2.24, 2.45) is 11.8 Å². The molecule has 0 amide bonds. The molecule has 3 heteroatoms. The predicted octanol–water partition coefficient (Wildman–Crippen LogP) is 10.8. The molecule has 0 radical (unpaired) electrons. The first-order valence-electron chi connectivity index (χ1n) is 14.3. The first-order valence-corrected chi connectivity index (χ1v) is 14.3. The van der Waals surface area contributed by atoms with E-state index in [4.69, 9.17) is 0 Å². The van der Waals surface area contributed by atoms with Crippen LogP contribution in [0.3, 0.4) is 0 Å². The molecule has 3 aromatic rings. The summed E-state index contributed by atoms with van der Waals surface area (Å²) >= 11 is 0. The molecule has 1 aliphatic rings. The minimum atomic E-state index is -1.07. The molecule has 37 heavy (non-hydrogen) atoms. The molecule has 0 aliphatic heterocycles. The monoisotopic (exact) mass is 506 g/mol. The third kappa shape index (κ3) is 6.86. The lowest BCUT2D eigenvalue weighted by atomic mass is 9.78. The maximum atomic E-state index is 15.4. The Labute approximate surface area is 221 Å². The van der Waals surface area contributed by atoms with Crippen LogP contribution >= 0.6 is 0 Å². The fourth-order valence-electron chi connectivity index (χ4n) is 5.94. The first kappa shape index (κ1) is 27.5. The molecule has 1 fully saturated rings. The zero-order valence-electron chi connectivity index (χ0n) is 22.5. The van der Waals surface area contributed by atoms with Crippen molar-refractivity contribution in [3.63, 3.8) is 0 Å². The van der Waals surface area contributed by atoms with Gasteiger partial charge in [-0.15, -0.1) is 0 Å². The molecule has 3 aromatic carbocycles. The van der Waals surface area contributed by atoms with E-state index in [1.807, 2.05) is 12.1 Å². The number of benzene rings is 3. The second-order valence-corrected chi connectivity index (χ2v) is 10.9. The second kappa shape index (κ2) is 13.3. The van der Waals surface area contributed by atoms with Gasteiger partial charge in [0.2, 0.25) is 0 Å². The number of hydrogen-bond acceptors (Lipinski definition) is 0. The van der Waals surface area contributed by atoms with Crippen molar-refractivity contribution in [3.05, 3.63) is 83.2 Å². The van der Waals surface area contributed by atoms with Crippen molar-refractivity contribution in [1.82, 2.24) is 0 Å². The molecule has 0 saturated heterocycles. The Morgan fingerprint density at radius 3 is 2.16 bits per heavy atom. The van der Waals surface area contributed by atoms with E-state index < -0.39 is 17.5 Å². The van der Waals surface area contributed by atoms with Gasteiger partial charge in [-0.05, 0) is 85.4 Å². The summed E-state index contributed by atoms with van der Waals surface area (Å²) in [6.07, 6.45) is 17.7. The highest BCUT2D eigenvalue weighted by atomic mass is 19.2. The van der Waals surface area contributed by atoms with Crippen molar-refractivity contribution in [3.8, 4) is 11.1 Å². The molecular formula is C34H41F3. The summed E-state index contributed by atoms with van der Waals surface area (Å²) in [5, 5.41) is 0.166. The zero-order chi connectivity index (χ0) is 26.2. The Kier molecular flexibility index (Phi) is 9.88. The molecular weight excluding hydrogens is 465 g/mol. The van der Waals surface area contributed by atoms with Gasteiger partial charge >= 0.3 is 0 Å². The first-order chi connectivity index (χ1) is 18.0. The fraction of sp³-hybridized carbons (Fsp3) is 0.471. The highest BCUT2D eigenvalue weighted by Gasteiger charge is 2.21. The molecule has 1 aliphatic carbocycles. The highest BCUT2D eigenvalue weighted by molar-refractivity contribution is 5.89. The lowest BCUT2D eigenvalue weighted by Crippen LogP contribution is -2.15. The summed E-state index contributed by atoms with van der Waals surface area (Å²) in [5.74, 6) is -0.999. The van der Waals surface area contributed by atoms with E-state index in [9.17, 15) is 8.78 Å². The summed E-state index contributed by atoms with van der Waals surface area (Å²) in [5.41, 5.74) is 2.58. The van der Waals surface area contributed by atoms with Crippen molar-refractivity contribution >= 4 is 10.8 Å². The van der Waals surface area contributed by atoms with Gasteiger partial charge in [0.05, 0.1) is 5.39 Å². The molecule has 0 unspecified atom stereocenters. The van der Waals surface area contributed by atoms with Crippen LogP contribution in [0, 0.1) is 29.3 Å². The van der Waals surface area contributed by atoms with Gasteiger partial charge in [0.1, 0.15) is 5.82 Å². The molecule has 0 N–H and O–H groups in total. The molecule has 0 nitrogen and oxygen atoms in total. The van der Waals surface area contributed by atoms with Crippen LogP contribution in [0.4, 0.5) is 13.2 Å². The van der Waals surface area contributed by atoms with E-state index >= 15 is 4.39 Å². The number of unbranched alkanes of at least 4 members (excludes halogenated alkanes) is 2. The SMILES string of the molecule is C/C=C/CCC1CCC(CCc2ccc(-c3ccc4cc(CCCCC)c(F)c(F)c4c3F)cc2)CC1. The average molecular weight is 507 g/mol. The van der Waals surface area contributed by atoms with Gasteiger partial charge in [-0.25, -0.2) is 13.2 Å². The number of rotatable bonds is 11. The van der Waals surface area contributed by atoms with Crippen LogP contribution in [0.15, 0.2) is 54.6 Å². The number of allylic oxidation sites excluding steroid dienone is 2. The van der Waals surface area contributed by atoms with Gasteiger partial charge in [-0.1, -0.05) is 94.0 Å². The standard InChI is InChI=1S/C34H41F3/c1-3-5-7-9-24-11-13-25(14-12-24)15-16-26-17-19-27(20-18-26)30-22-21-28-23-29(10-8-6-4-2)32(35)34(37)31(28)33(30)36/h3,5,17-25H,4,6-16H2,1-2H3/b5-3+. The van der Waals surface area contributed by atoms with Crippen molar-refractivity contribution in [2.45, 2.75) is 90.9 Å². The van der Waals surface area contributed by atoms with Crippen LogP contribution in [0.2, 0.25) is 0 Å². The summed E-state index contributed by atoms with van der Waals surface area (Å²) < 4.78 is 45.1. The number of aryl methyl sites for hydroxylation is 2. The quantitative estimate of drug-likeness (QED) is 0.179. The molecule has 0 heterocycles. The molecule has 4 rings (SSSR count). The Bertz CT molecular complexity index is 1180. The lowest BCUT2D eigenvalue weighted by Gasteiger charge is -2.28. The zero-order valence-corrected chi connectivity index (χ0v) is 22.5. The maximum Gasteiger partial charge on any atom is 0.169 e. The largest absolute Gasteiger partial charge is 0.206 e. The van der Waals surface area contributed by atoms with E-state index in [-0.39, 0.29) is 5.39 Å². The molecule has 1 saturated carbocycles. The Hall–Kier alpha value is -2.55. The van der Waals surface area contributed by atoms with Crippen LogP contribution in [0.5, 0.6) is 0 Å². The summed E-state index contributed by atoms with van der Waals surface area (Å²) in [4.78, 5) is 0. The summed E-state index contributed by atoms with van der Waals surface area (Å²) in [7, 11) is 0. The van der Waals surface area contributed by atoms with Crippen molar-refractivity contribution in [2.75, 3.05) is 0 Å². The van der Waals surface area contributed by atoms with Crippen LogP contribution in [0.1, 0.15) is 89.2 Å². The number of fused-ring (bicyclic) bond motifs is 1. The third-order valence-electron chi connectivity index (χ3n) is 8.30. The van der Waals surface area contributed by atoms with Crippen LogP contribution in [-0.4, -0.2) is 0 Å². The minimum absolute atomic E-state index is 0.250. The van der Waals surface area contributed by atoms with Crippen molar-refractivity contribution in [1.29, 1.82) is 0 Å². The predicted molar refractivity (Wildman–Crippen MR) is 150 cm³/mol. The summed E-state index contributed by atoms with van der Waals surface area (Å²) in [6, 6.07) is 12.9. The van der Waals surface area contributed by atoms with E-state index in [0.29, 0.717) is 28.5 Å². The number of halogens is 3. The van der Waals surface area contributed by atoms with Crippen molar-refractivity contribution < 1.29 is 13.2 Å². The van der Waals surface area contributed by atoms with Crippen LogP contribution in [-0.2, 0) is 12.8 Å². The minimum Gasteiger partial charge on any atom is -0.206 e. The van der Waals surface area contributed by atoms with Gasteiger partial charge in [-0.3, -0.25) is 0 Å². The van der Waals surface area contributed by atoms with E-state index in [0.717, 1.165) is 37.5 Å². The molecule has 198 valence electrons. The third-order valence-corrected chi connectivity index (χ3v) is 8.30. The maximum absolute atomic E-state index is 15.4. The van der Waals surface area contributed by atoms with E-state index in [1.165, 1.54) is 50.5 Å². The van der Waals surface area contributed by atoms with Crippen LogP contribution in [0.25, 0.3) is 21.9 Å². The topological polar surface area (TPSA) is 0 Å². The number of hydrogen-bond donors (Lipinski definition) is 0. The second-order valence-electron chi connectivity index (χ2n) is 10.9. The van der Waals surface area contributed by atoms with E-state index in [1.54, 1.807) is 18.2 Å². The molecule has 0 aromatic heterocycles. The Balaban J connectivity index is 1.40. The fourth-order valence-corrected chi connectivity index (χ4v) is 5.94. The Morgan fingerprint density at radius 1 is 0.784 bits per heavy atom. The highest BCUT2D eigenvalue weighted by Crippen LogP contribution is 2.35. The normalized spacial score (nSPS) is 18.2. The summed E-state index contributed by atoms with van der Waals surface area (Å²) in [6.45, 7) is 4.16. The van der Waals surface area contributed by atoms with Gasteiger partial charge < -0.3 is 0 Å². The van der Waals surface area contributed by atoms with Crippen LogP contribution < -0.4 is 0 Å². The molecule has 0 bridgehead atoms. The lowest BCUT2D eigenvalue weighted by molar-refractivity contribution is 0.254. The van der Waals surface area contributed by atoms with Gasteiger partial charge in [0.25, 0.3) is 0 Å². The van der Waals surface area contributed by atoms with Gasteiger partial charge in [0, 0.05) is 5.56 Å². The van der Waals surface area contributed by atoms with E-state index in [2.05, 4.69) is 38.1 Å². The Morgan fingerprint density at radius 2 is 1.49 bits per heavy atom.